The Bertz CT molecular complexity index is 296. The lowest BCUT2D eigenvalue weighted by Gasteiger charge is -2.33. The molecular formula is C14H26N2O2. The predicted molar refractivity (Wildman–Crippen MR) is 70.5 cm³/mol. The van der Waals surface area contributed by atoms with Crippen LogP contribution in [0.1, 0.15) is 39.5 Å². The summed E-state index contributed by atoms with van der Waals surface area (Å²) in [6.07, 6.45) is 5.66. The summed E-state index contributed by atoms with van der Waals surface area (Å²) in [6, 6.07) is 1.44. The normalized spacial score (nSPS) is 40.0. The van der Waals surface area contributed by atoms with E-state index >= 15 is 0 Å². The van der Waals surface area contributed by atoms with Gasteiger partial charge in [0.05, 0.1) is 12.7 Å². The van der Waals surface area contributed by atoms with Crippen molar-refractivity contribution in [1.82, 2.24) is 10.2 Å². The molecule has 3 heterocycles. The molecule has 18 heavy (non-hydrogen) atoms. The first-order valence-electron chi connectivity index (χ1n) is 7.43. The van der Waals surface area contributed by atoms with E-state index in [1.54, 1.807) is 0 Å². The van der Waals surface area contributed by atoms with Crippen LogP contribution in [0.5, 0.6) is 0 Å². The van der Waals surface area contributed by atoms with E-state index in [1.165, 1.54) is 38.8 Å². The van der Waals surface area contributed by atoms with Gasteiger partial charge in [-0.25, -0.2) is 0 Å². The van der Waals surface area contributed by atoms with Crippen LogP contribution in [0.4, 0.5) is 0 Å². The van der Waals surface area contributed by atoms with Crippen LogP contribution in [0.25, 0.3) is 0 Å². The van der Waals surface area contributed by atoms with Crippen molar-refractivity contribution < 1.29 is 9.47 Å². The molecule has 3 atom stereocenters. The smallest absolute Gasteiger partial charge is 0.163 e. The van der Waals surface area contributed by atoms with Gasteiger partial charge in [-0.05, 0) is 39.7 Å². The van der Waals surface area contributed by atoms with Crippen LogP contribution in [0.2, 0.25) is 0 Å². The van der Waals surface area contributed by atoms with Crippen molar-refractivity contribution in [3.63, 3.8) is 0 Å². The summed E-state index contributed by atoms with van der Waals surface area (Å²) in [5.74, 6) is -0.390. The van der Waals surface area contributed by atoms with Crippen molar-refractivity contribution in [2.24, 2.45) is 0 Å². The lowest BCUT2D eigenvalue weighted by Crippen LogP contribution is -2.47. The highest BCUT2D eigenvalue weighted by molar-refractivity contribution is 4.94. The van der Waals surface area contributed by atoms with Crippen molar-refractivity contribution in [2.45, 2.75) is 63.5 Å². The molecule has 4 nitrogen and oxygen atoms in total. The molecule has 0 aromatic carbocycles. The predicted octanol–water partition coefficient (Wildman–Crippen LogP) is 1.35. The van der Waals surface area contributed by atoms with Crippen molar-refractivity contribution in [3.8, 4) is 0 Å². The van der Waals surface area contributed by atoms with Gasteiger partial charge in [-0.3, -0.25) is 4.90 Å². The number of fused-ring (bicyclic) bond motifs is 1. The van der Waals surface area contributed by atoms with Crippen LogP contribution in [0, 0.1) is 0 Å². The Kier molecular flexibility index (Phi) is 3.63. The molecule has 3 unspecified atom stereocenters. The molecule has 0 aromatic rings. The number of hydrogen-bond acceptors (Lipinski definition) is 4. The van der Waals surface area contributed by atoms with Crippen molar-refractivity contribution in [2.75, 3.05) is 26.2 Å². The van der Waals surface area contributed by atoms with E-state index in [2.05, 4.69) is 10.2 Å². The molecule has 3 rings (SSSR count). The zero-order valence-corrected chi connectivity index (χ0v) is 11.7. The summed E-state index contributed by atoms with van der Waals surface area (Å²) in [6.45, 7) is 8.21. The molecule has 3 fully saturated rings. The van der Waals surface area contributed by atoms with Crippen molar-refractivity contribution in [1.29, 1.82) is 0 Å². The first kappa shape index (κ1) is 12.9. The third-order valence-corrected chi connectivity index (χ3v) is 4.53. The molecule has 3 aliphatic heterocycles. The maximum atomic E-state index is 5.85. The fourth-order valence-corrected chi connectivity index (χ4v) is 3.63. The maximum Gasteiger partial charge on any atom is 0.163 e. The summed E-state index contributed by atoms with van der Waals surface area (Å²) in [7, 11) is 0. The zero-order chi connectivity index (χ0) is 12.6. The van der Waals surface area contributed by atoms with Crippen LogP contribution in [-0.4, -0.2) is 55.1 Å². The Morgan fingerprint density at radius 1 is 1.22 bits per heavy atom. The largest absolute Gasteiger partial charge is 0.348 e. The van der Waals surface area contributed by atoms with Crippen LogP contribution in [0.15, 0.2) is 0 Å². The standard InChI is InChI=1S/C14H26N2O2/c1-14(2)17-10-11(18-14)9-15-12-6-8-16-7-4-3-5-13(12)16/h11-13,15H,3-10H2,1-2H3. The van der Waals surface area contributed by atoms with E-state index < -0.39 is 0 Å². The summed E-state index contributed by atoms with van der Waals surface area (Å²) < 4.78 is 11.4. The van der Waals surface area contributed by atoms with Gasteiger partial charge in [0.1, 0.15) is 0 Å². The Morgan fingerprint density at radius 3 is 2.89 bits per heavy atom. The fourth-order valence-electron chi connectivity index (χ4n) is 3.63. The Morgan fingerprint density at radius 2 is 2.11 bits per heavy atom. The zero-order valence-electron chi connectivity index (χ0n) is 11.7. The minimum absolute atomic E-state index is 0.220. The molecule has 0 saturated carbocycles. The highest BCUT2D eigenvalue weighted by Crippen LogP contribution is 2.27. The van der Waals surface area contributed by atoms with Gasteiger partial charge in [0.2, 0.25) is 0 Å². The van der Waals surface area contributed by atoms with E-state index in [-0.39, 0.29) is 11.9 Å². The van der Waals surface area contributed by atoms with Crippen LogP contribution < -0.4 is 5.32 Å². The SMILES string of the molecule is CC1(C)OCC(CNC2CCN3CCCCC23)O1. The molecule has 0 bridgehead atoms. The summed E-state index contributed by atoms with van der Waals surface area (Å²) in [5.41, 5.74) is 0. The number of nitrogens with zero attached hydrogens (tertiary/aromatic N) is 1. The third-order valence-electron chi connectivity index (χ3n) is 4.53. The van der Waals surface area contributed by atoms with E-state index in [1.807, 2.05) is 13.8 Å². The quantitative estimate of drug-likeness (QED) is 0.824. The number of nitrogens with one attached hydrogen (secondary N) is 1. The number of rotatable bonds is 3. The highest BCUT2D eigenvalue weighted by Gasteiger charge is 2.37. The first-order chi connectivity index (χ1) is 8.64. The fraction of sp³-hybridized carbons (Fsp3) is 1.00. The second-order valence-corrected chi connectivity index (χ2v) is 6.35. The minimum atomic E-state index is -0.390. The van der Waals surface area contributed by atoms with Crippen molar-refractivity contribution in [3.05, 3.63) is 0 Å². The second kappa shape index (κ2) is 5.08. The lowest BCUT2D eigenvalue weighted by molar-refractivity contribution is -0.137. The Labute approximate surface area is 110 Å². The Balaban J connectivity index is 1.46. The summed E-state index contributed by atoms with van der Waals surface area (Å²) in [4.78, 5) is 2.66. The molecule has 3 aliphatic rings. The molecule has 0 spiro atoms. The average Bonchev–Trinajstić information content (AvgIpc) is 2.90. The monoisotopic (exact) mass is 254 g/mol. The van der Waals surface area contributed by atoms with E-state index in [0.717, 1.165) is 19.2 Å². The van der Waals surface area contributed by atoms with Gasteiger partial charge in [-0.15, -0.1) is 0 Å². The van der Waals surface area contributed by atoms with Gasteiger partial charge in [-0.1, -0.05) is 6.42 Å². The van der Waals surface area contributed by atoms with Gasteiger partial charge in [0.15, 0.2) is 5.79 Å². The first-order valence-corrected chi connectivity index (χ1v) is 7.43. The second-order valence-electron chi connectivity index (χ2n) is 6.35. The molecule has 0 radical (unpaired) electrons. The third kappa shape index (κ3) is 2.72. The van der Waals surface area contributed by atoms with E-state index in [9.17, 15) is 0 Å². The molecule has 4 heteroatoms. The molecule has 3 saturated heterocycles. The molecule has 0 amide bonds. The molecule has 1 N–H and O–H groups in total. The van der Waals surface area contributed by atoms with Gasteiger partial charge in [-0.2, -0.15) is 0 Å². The molecule has 104 valence electrons. The molecule has 0 aliphatic carbocycles. The highest BCUT2D eigenvalue weighted by atomic mass is 16.7. The van der Waals surface area contributed by atoms with Crippen LogP contribution in [-0.2, 0) is 9.47 Å². The summed E-state index contributed by atoms with van der Waals surface area (Å²) in [5, 5.41) is 3.71. The van der Waals surface area contributed by atoms with Gasteiger partial charge in [0.25, 0.3) is 0 Å². The van der Waals surface area contributed by atoms with Crippen LogP contribution in [0.3, 0.4) is 0 Å². The Hall–Kier alpha value is -0.160. The summed E-state index contributed by atoms with van der Waals surface area (Å²) >= 11 is 0. The maximum absolute atomic E-state index is 5.85. The van der Waals surface area contributed by atoms with Gasteiger partial charge in [0, 0.05) is 25.2 Å². The van der Waals surface area contributed by atoms with E-state index in [4.69, 9.17) is 9.47 Å². The molecule has 0 aromatic heterocycles. The van der Waals surface area contributed by atoms with Gasteiger partial charge >= 0.3 is 0 Å². The average molecular weight is 254 g/mol. The van der Waals surface area contributed by atoms with Gasteiger partial charge < -0.3 is 14.8 Å². The van der Waals surface area contributed by atoms with Crippen LogP contribution >= 0.6 is 0 Å². The van der Waals surface area contributed by atoms with E-state index in [0.29, 0.717) is 6.04 Å². The topological polar surface area (TPSA) is 33.7 Å². The van der Waals surface area contributed by atoms with Crippen molar-refractivity contribution >= 4 is 0 Å². The number of hydrogen-bond donors (Lipinski definition) is 1. The molecular weight excluding hydrogens is 228 g/mol. The number of ether oxygens (including phenoxy) is 2. The number of piperidine rings is 1. The minimum Gasteiger partial charge on any atom is -0.348 e. The lowest BCUT2D eigenvalue weighted by atomic mass is 9.99.